The van der Waals surface area contributed by atoms with Crippen LogP contribution >= 0.6 is 0 Å². The molecule has 1 aromatic carbocycles. The van der Waals surface area contributed by atoms with Crippen LogP contribution in [0.1, 0.15) is 30.6 Å². The number of aryl methyl sites for hydroxylation is 2. The molecule has 0 unspecified atom stereocenters. The minimum absolute atomic E-state index is 0.0244. The summed E-state index contributed by atoms with van der Waals surface area (Å²) in [6.45, 7) is 2.32. The van der Waals surface area contributed by atoms with Crippen LogP contribution in [0.3, 0.4) is 0 Å². The minimum Gasteiger partial charge on any atom is -0.444 e. The monoisotopic (exact) mass is 273 g/mol. The third-order valence-electron chi connectivity index (χ3n) is 2.98. The average Bonchev–Trinajstić information content (AvgIpc) is 2.91. The van der Waals surface area contributed by atoms with Gasteiger partial charge in [-0.25, -0.2) is 4.98 Å². The molecule has 2 rings (SSSR count). The highest BCUT2D eigenvalue weighted by molar-refractivity contribution is 5.76. The Morgan fingerprint density at radius 2 is 2.30 bits per heavy atom. The van der Waals surface area contributed by atoms with Gasteiger partial charge in [0.2, 0.25) is 11.8 Å². The van der Waals surface area contributed by atoms with Crippen LogP contribution in [0.2, 0.25) is 0 Å². The summed E-state index contributed by atoms with van der Waals surface area (Å²) >= 11 is 0. The second-order valence-electron chi connectivity index (χ2n) is 4.60. The maximum Gasteiger partial charge on any atom is 0.220 e. The van der Waals surface area contributed by atoms with Gasteiger partial charge in [0.15, 0.2) is 0 Å². The molecule has 2 aromatic rings. The molecule has 0 bridgehead atoms. The van der Waals surface area contributed by atoms with E-state index in [0.29, 0.717) is 25.3 Å². The van der Waals surface area contributed by atoms with E-state index in [1.807, 2.05) is 31.2 Å². The van der Waals surface area contributed by atoms with Crippen LogP contribution in [0.4, 0.5) is 5.69 Å². The van der Waals surface area contributed by atoms with Crippen LogP contribution in [-0.4, -0.2) is 10.9 Å². The van der Waals surface area contributed by atoms with E-state index in [1.54, 1.807) is 6.20 Å². The third-order valence-corrected chi connectivity index (χ3v) is 2.98. The summed E-state index contributed by atoms with van der Waals surface area (Å²) < 4.78 is 5.42. The number of nitrogens with two attached hydrogens (primary N) is 1. The van der Waals surface area contributed by atoms with E-state index < -0.39 is 0 Å². The summed E-state index contributed by atoms with van der Waals surface area (Å²) in [4.78, 5) is 15.8. The lowest BCUT2D eigenvalue weighted by molar-refractivity contribution is -0.121. The molecule has 0 aliphatic heterocycles. The molecule has 5 nitrogen and oxygen atoms in total. The average molecular weight is 273 g/mol. The highest BCUT2D eigenvalue weighted by Gasteiger charge is 2.06. The minimum atomic E-state index is -0.0244. The SMILES string of the molecule is CCc1cnc(CNC(=O)CCc2cccc(N)c2)o1. The zero-order chi connectivity index (χ0) is 14.4. The zero-order valence-corrected chi connectivity index (χ0v) is 11.6. The van der Waals surface area contributed by atoms with Gasteiger partial charge < -0.3 is 15.5 Å². The lowest BCUT2D eigenvalue weighted by Crippen LogP contribution is -2.23. The first kappa shape index (κ1) is 14.1. The van der Waals surface area contributed by atoms with Gasteiger partial charge in [0.25, 0.3) is 0 Å². The van der Waals surface area contributed by atoms with Gasteiger partial charge in [-0.2, -0.15) is 0 Å². The summed E-state index contributed by atoms with van der Waals surface area (Å²) in [5.74, 6) is 1.34. The highest BCUT2D eigenvalue weighted by atomic mass is 16.4. The molecule has 1 aromatic heterocycles. The van der Waals surface area contributed by atoms with Crippen molar-refractivity contribution in [1.29, 1.82) is 0 Å². The second kappa shape index (κ2) is 6.75. The number of amides is 1. The number of carbonyl (C=O) groups is 1. The van der Waals surface area contributed by atoms with E-state index in [4.69, 9.17) is 10.2 Å². The smallest absolute Gasteiger partial charge is 0.220 e. The summed E-state index contributed by atoms with van der Waals surface area (Å²) in [6.07, 6.45) is 3.58. The van der Waals surface area contributed by atoms with Gasteiger partial charge in [-0.05, 0) is 24.1 Å². The molecule has 0 fully saturated rings. The predicted octanol–water partition coefficient (Wildman–Crippen LogP) is 2.07. The molecule has 0 aliphatic rings. The molecule has 1 amide bonds. The van der Waals surface area contributed by atoms with Crippen LogP contribution < -0.4 is 11.1 Å². The number of benzene rings is 1. The lowest BCUT2D eigenvalue weighted by Gasteiger charge is -2.04. The Balaban J connectivity index is 1.75. The Bertz CT molecular complexity index is 578. The molecule has 0 saturated heterocycles. The topological polar surface area (TPSA) is 81.2 Å². The lowest BCUT2D eigenvalue weighted by atomic mass is 10.1. The normalized spacial score (nSPS) is 10.4. The maximum absolute atomic E-state index is 11.7. The number of carbonyl (C=O) groups excluding carboxylic acids is 1. The maximum atomic E-state index is 11.7. The van der Waals surface area contributed by atoms with E-state index in [9.17, 15) is 4.79 Å². The number of hydrogen-bond donors (Lipinski definition) is 2. The van der Waals surface area contributed by atoms with Gasteiger partial charge in [0, 0.05) is 18.5 Å². The van der Waals surface area contributed by atoms with Gasteiger partial charge in [-0.15, -0.1) is 0 Å². The number of hydrogen-bond acceptors (Lipinski definition) is 4. The third kappa shape index (κ3) is 4.12. The van der Waals surface area contributed by atoms with Crippen molar-refractivity contribution >= 4 is 11.6 Å². The molecule has 0 saturated carbocycles. The number of nitrogen functional groups attached to an aromatic ring is 1. The number of oxazole rings is 1. The largest absolute Gasteiger partial charge is 0.444 e. The molecule has 3 N–H and O–H groups in total. The fraction of sp³-hybridized carbons (Fsp3) is 0.333. The fourth-order valence-electron chi connectivity index (χ4n) is 1.86. The Labute approximate surface area is 118 Å². The summed E-state index contributed by atoms with van der Waals surface area (Å²) in [5.41, 5.74) is 7.47. The van der Waals surface area contributed by atoms with Gasteiger partial charge in [-0.1, -0.05) is 19.1 Å². The molecule has 106 valence electrons. The molecule has 0 radical (unpaired) electrons. The molecule has 1 heterocycles. The molecule has 20 heavy (non-hydrogen) atoms. The fourth-order valence-corrected chi connectivity index (χ4v) is 1.86. The second-order valence-corrected chi connectivity index (χ2v) is 4.60. The molecular formula is C15H19N3O2. The first-order valence-electron chi connectivity index (χ1n) is 6.72. The Hall–Kier alpha value is -2.30. The summed E-state index contributed by atoms with van der Waals surface area (Å²) in [5, 5.41) is 2.79. The van der Waals surface area contributed by atoms with Crippen molar-refractivity contribution in [3.8, 4) is 0 Å². The van der Waals surface area contributed by atoms with Gasteiger partial charge in [0.1, 0.15) is 5.76 Å². The Morgan fingerprint density at radius 1 is 1.45 bits per heavy atom. The number of nitrogens with one attached hydrogen (secondary N) is 1. The van der Waals surface area contributed by atoms with Crippen molar-refractivity contribution in [1.82, 2.24) is 10.3 Å². The molecule has 0 spiro atoms. The quantitative estimate of drug-likeness (QED) is 0.789. The number of rotatable bonds is 6. The van der Waals surface area contributed by atoms with Crippen molar-refractivity contribution in [2.24, 2.45) is 0 Å². The van der Waals surface area contributed by atoms with Gasteiger partial charge >= 0.3 is 0 Å². The molecular weight excluding hydrogens is 254 g/mol. The van der Waals surface area contributed by atoms with E-state index in [1.165, 1.54) is 0 Å². The van der Waals surface area contributed by atoms with E-state index in [2.05, 4.69) is 10.3 Å². The van der Waals surface area contributed by atoms with Crippen molar-refractivity contribution in [2.75, 3.05) is 5.73 Å². The molecule has 0 atom stereocenters. The number of anilines is 1. The first-order valence-corrected chi connectivity index (χ1v) is 6.72. The van der Waals surface area contributed by atoms with Crippen molar-refractivity contribution in [3.63, 3.8) is 0 Å². The van der Waals surface area contributed by atoms with Crippen LogP contribution in [0.5, 0.6) is 0 Å². The van der Waals surface area contributed by atoms with E-state index in [0.717, 1.165) is 23.4 Å². The van der Waals surface area contributed by atoms with E-state index in [-0.39, 0.29) is 5.91 Å². The predicted molar refractivity (Wildman–Crippen MR) is 76.9 cm³/mol. The standard InChI is InChI=1S/C15H19N3O2/c1-2-13-9-18-15(20-13)10-17-14(19)7-6-11-4-3-5-12(16)8-11/h3-5,8-9H,2,6-7,10,16H2,1H3,(H,17,19). The first-order chi connectivity index (χ1) is 9.67. The van der Waals surface area contributed by atoms with Crippen LogP contribution in [0.15, 0.2) is 34.9 Å². The van der Waals surface area contributed by atoms with Crippen molar-refractivity contribution < 1.29 is 9.21 Å². The van der Waals surface area contributed by atoms with Crippen LogP contribution in [0.25, 0.3) is 0 Å². The Kier molecular flexibility index (Phi) is 4.76. The summed E-state index contributed by atoms with van der Waals surface area (Å²) in [6, 6.07) is 7.57. The summed E-state index contributed by atoms with van der Waals surface area (Å²) in [7, 11) is 0. The van der Waals surface area contributed by atoms with Crippen LogP contribution in [0, 0.1) is 0 Å². The van der Waals surface area contributed by atoms with Gasteiger partial charge in [-0.3, -0.25) is 4.79 Å². The highest BCUT2D eigenvalue weighted by Crippen LogP contribution is 2.09. The van der Waals surface area contributed by atoms with Gasteiger partial charge in [0.05, 0.1) is 12.7 Å². The number of nitrogens with zero attached hydrogens (tertiary/aromatic N) is 1. The Morgan fingerprint density at radius 3 is 3.00 bits per heavy atom. The van der Waals surface area contributed by atoms with Crippen molar-refractivity contribution in [2.45, 2.75) is 32.7 Å². The number of aromatic nitrogens is 1. The van der Waals surface area contributed by atoms with Crippen molar-refractivity contribution in [3.05, 3.63) is 47.7 Å². The molecule has 0 aliphatic carbocycles. The zero-order valence-electron chi connectivity index (χ0n) is 11.6. The van der Waals surface area contributed by atoms with E-state index >= 15 is 0 Å². The van der Waals surface area contributed by atoms with Crippen LogP contribution in [-0.2, 0) is 24.2 Å². The molecule has 5 heteroatoms.